The summed E-state index contributed by atoms with van der Waals surface area (Å²) in [5.74, 6) is 0. The van der Waals surface area contributed by atoms with E-state index < -0.39 is 0 Å². The van der Waals surface area contributed by atoms with Gasteiger partial charge in [-0.2, -0.15) is 0 Å². The molecule has 0 amide bonds. The summed E-state index contributed by atoms with van der Waals surface area (Å²) in [6, 6.07) is 0. The Morgan fingerprint density at radius 2 is 1.59 bits per heavy atom. The molecule has 17 heavy (non-hydrogen) atoms. The summed E-state index contributed by atoms with van der Waals surface area (Å²) in [5, 5.41) is 1.16. The Labute approximate surface area is 115 Å². The summed E-state index contributed by atoms with van der Waals surface area (Å²) in [4.78, 5) is 0. The van der Waals surface area contributed by atoms with Gasteiger partial charge in [0, 0.05) is 25.0 Å². The van der Waals surface area contributed by atoms with Gasteiger partial charge in [-0.1, -0.05) is 54.5 Å². The first kappa shape index (κ1) is 15.5. The van der Waals surface area contributed by atoms with Crippen LogP contribution in [0.2, 0.25) is 0 Å². The van der Waals surface area contributed by atoms with Crippen molar-refractivity contribution in [3.05, 3.63) is 0 Å². The lowest BCUT2D eigenvalue weighted by Gasteiger charge is -2.10. The van der Waals surface area contributed by atoms with Crippen LogP contribution in [0.1, 0.15) is 64.2 Å². The van der Waals surface area contributed by atoms with Gasteiger partial charge in [0.1, 0.15) is 0 Å². The maximum Gasteiger partial charge on any atom is 0.157 e. The number of alkyl halides is 1. The van der Waals surface area contributed by atoms with Crippen LogP contribution in [0.4, 0.5) is 0 Å². The van der Waals surface area contributed by atoms with Gasteiger partial charge in [-0.05, 0) is 19.3 Å². The molecule has 1 unspecified atom stereocenters. The van der Waals surface area contributed by atoms with Crippen LogP contribution in [0.25, 0.3) is 0 Å². The van der Waals surface area contributed by atoms with E-state index >= 15 is 0 Å². The van der Waals surface area contributed by atoms with Gasteiger partial charge in [-0.3, -0.25) is 0 Å². The number of unbranched alkanes of at least 4 members (excludes halogenated alkanes) is 7. The molecule has 0 aromatic heterocycles. The number of hydrogen-bond donors (Lipinski definition) is 0. The number of hydrogen-bond acceptors (Lipinski definition) is 2. The Morgan fingerprint density at radius 1 is 0.941 bits per heavy atom. The minimum absolute atomic E-state index is 0.110. The normalized spacial score (nSPS) is 19.9. The van der Waals surface area contributed by atoms with Crippen LogP contribution in [0.15, 0.2) is 0 Å². The first-order chi connectivity index (χ1) is 8.43. The molecule has 1 aliphatic rings. The quantitative estimate of drug-likeness (QED) is 0.408. The summed E-state index contributed by atoms with van der Waals surface area (Å²) >= 11 is 3.46. The molecule has 1 aliphatic heterocycles. The highest BCUT2D eigenvalue weighted by Crippen LogP contribution is 2.14. The fourth-order valence-corrected chi connectivity index (χ4v) is 2.55. The monoisotopic (exact) mass is 306 g/mol. The predicted molar refractivity (Wildman–Crippen MR) is 75.7 cm³/mol. The second-order valence-corrected chi connectivity index (χ2v) is 5.62. The van der Waals surface area contributed by atoms with Crippen molar-refractivity contribution in [1.29, 1.82) is 0 Å². The Kier molecular flexibility index (Phi) is 10.4. The van der Waals surface area contributed by atoms with Gasteiger partial charge < -0.3 is 9.47 Å². The molecule has 102 valence electrons. The lowest BCUT2D eigenvalue weighted by Crippen LogP contribution is -2.11. The third-order valence-electron chi connectivity index (χ3n) is 3.22. The van der Waals surface area contributed by atoms with E-state index in [2.05, 4.69) is 15.9 Å². The predicted octanol–water partition coefficient (Wildman–Crippen LogP) is 4.66. The maximum absolute atomic E-state index is 5.64. The topological polar surface area (TPSA) is 18.5 Å². The molecule has 1 fully saturated rings. The molecule has 0 aromatic rings. The van der Waals surface area contributed by atoms with Gasteiger partial charge >= 0.3 is 0 Å². The molecule has 1 saturated heterocycles. The van der Waals surface area contributed by atoms with E-state index in [4.69, 9.17) is 9.47 Å². The fraction of sp³-hybridized carbons (Fsp3) is 1.00. The molecule has 3 heteroatoms. The zero-order valence-corrected chi connectivity index (χ0v) is 12.6. The van der Waals surface area contributed by atoms with Crippen LogP contribution in [0.5, 0.6) is 0 Å². The first-order valence-corrected chi connectivity index (χ1v) is 8.35. The highest BCUT2D eigenvalue weighted by atomic mass is 79.9. The molecule has 0 aliphatic carbocycles. The van der Waals surface area contributed by atoms with Gasteiger partial charge in [0.25, 0.3) is 0 Å². The van der Waals surface area contributed by atoms with Crippen molar-refractivity contribution in [1.82, 2.24) is 0 Å². The molecule has 0 aromatic carbocycles. The Morgan fingerprint density at radius 3 is 2.18 bits per heavy atom. The smallest absolute Gasteiger partial charge is 0.157 e. The summed E-state index contributed by atoms with van der Waals surface area (Å²) < 4.78 is 11.0. The maximum atomic E-state index is 5.64. The highest BCUT2D eigenvalue weighted by molar-refractivity contribution is 9.09. The van der Waals surface area contributed by atoms with Gasteiger partial charge in [-0.25, -0.2) is 0 Å². The van der Waals surface area contributed by atoms with Crippen LogP contribution in [0, 0.1) is 0 Å². The van der Waals surface area contributed by atoms with Gasteiger partial charge in [0.05, 0.1) is 0 Å². The van der Waals surface area contributed by atoms with E-state index in [-0.39, 0.29) is 6.29 Å². The van der Waals surface area contributed by atoms with Crippen LogP contribution in [-0.2, 0) is 9.47 Å². The Balaban J connectivity index is 1.69. The van der Waals surface area contributed by atoms with E-state index in [1.165, 1.54) is 57.8 Å². The minimum atomic E-state index is 0.110. The Bertz CT molecular complexity index is 158. The van der Waals surface area contributed by atoms with Gasteiger partial charge in [0.2, 0.25) is 0 Å². The van der Waals surface area contributed by atoms with Crippen molar-refractivity contribution in [2.24, 2.45) is 0 Å². The lowest BCUT2D eigenvalue weighted by atomic mass is 10.1. The molecule has 2 nitrogen and oxygen atoms in total. The molecule has 1 rings (SSSR count). The summed E-state index contributed by atoms with van der Waals surface area (Å²) in [7, 11) is 0. The van der Waals surface area contributed by atoms with E-state index in [0.717, 1.165) is 25.0 Å². The molecule has 1 atom stereocenters. The number of halogens is 1. The van der Waals surface area contributed by atoms with Gasteiger partial charge in [0.15, 0.2) is 6.29 Å². The molecule has 0 bridgehead atoms. The molecular formula is C14H27BrO2. The average Bonchev–Trinajstić information content (AvgIpc) is 2.85. The van der Waals surface area contributed by atoms with Crippen LogP contribution in [0.3, 0.4) is 0 Å². The SMILES string of the molecule is BrCCCCCCCCCCOC1CCCO1. The van der Waals surface area contributed by atoms with Crippen LogP contribution in [-0.4, -0.2) is 24.8 Å². The zero-order valence-electron chi connectivity index (χ0n) is 11.0. The second-order valence-electron chi connectivity index (χ2n) is 4.83. The van der Waals surface area contributed by atoms with Crippen molar-refractivity contribution < 1.29 is 9.47 Å². The van der Waals surface area contributed by atoms with Crippen molar-refractivity contribution in [3.8, 4) is 0 Å². The number of rotatable bonds is 11. The van der Waals surface area contributed by atoms with E-state index in [0.29, 0.717) is 0 Å². The summed E-state index contributed by atoms with van der Waals surface area (Å²) in [6.07, 6.45) is 13.1. The van der Waals surface area contributed by atoms with E-state index in [9.17, 15) is 0 Å². The lowest BCUT2D eigenvalue weighted by molar-refractivity contribution is -0.111. The molecule has 0 spiro atoms. The largest absolute Gasteiger partial charge is 0.353 e. The van der Waals surface area contributed by atoms with E-state index in [1.807, 2.05) is 0 Å². The molecule has 0 radical (unpaired) electrons. The Hall–Kier alpha value is 0.400. The molecule has 1 heterocycles. The first-order valence-electron chi connectivity index (χ1n) is 7.22. The van der Waals surface area contributed by atoms with Crippen molar-refractivity contribution >= 4 is 15.9 Å². The molecule has 0 N–H and O–H groups in total. The highest BCUT2D eigenvalue weighted by Gasteiger charge is 2.14. The zero-order chi connectivity index (χ0) is 12.2. The van der Waals surface area contributed by atoms with Gasteiger partial charge in [-0.15, -0.1) is 0 Å². The summed E-state index contributed by atoms with van der Waals surface area (Å²) in [5.41, 5.74) is 0. The van der Waals surface area contributed by atoms with Crippen molar-refractivity contribution in [2.45, 2.75) is 70.5 Å². The van der Waals surface area contributed by atoms with Crippen LogP contribution >= 0.6 is 15.9 Å². The van der Waals surface area contributed by atoms with Crippen LogP contribution < -0.4 is 0 Å². The average molecular weight is 307 g/mol. The fourth-order valence-electron chi connectivity index (χ4n) is 2.15. The van der Waals surface area contributed by atoms with E-state index in [1.54, 1.807) is 0 Å². The third kappa shape index (κ3) is 9.04. The number of ether oxygens (including phenoxy) is 2. The summed E-state index contributed by atoms with van der Waals surface area (Å²) in [6.45, 7) is 1.77. The second kappa shape index (κ2) is 11.5. The van der Waals surface area contributed by atoms with Crippen molar-refractivity contribution in [2.75, 3.05) is 18.5 Å². The third-order valence-corrected chi connectivity index (χ3v) is 3.78. The minimum Gasteiger partial charge on any atom is -0.353 e. The molecule has 0 saturated carbocycles. The van der Waals surface area contributed by atoms with Crippen molar-refractivity contribution in [3.63, 3.8) is 0 Å². The molecular weight excluding hydrogens is 280 g/mol. The standard InChI is InChI=1S/C14H27BrO2/c15-11-7-5-3-1-2-4-6-8-12-16-14-10-9-13-17-14/h14H,1-13H2.